The minimum absolute atomic E-state index is 0.369. The number of nitrogens with zero attached hydrogens (tertiary/aromatic N) is 1. The number of rotatable bonds is 12. The third-order valence-corrected chi connectivity index (χ3v) is 7.69. The van der Waals surface area contributed by atoms with Gasteiger partial charge in [-0.3, -0.25) is 4.79 Å². The Bertz CT molecular complexity index is 888. The molecule has 3 rings (SSSR count). The first kappa shape index (κ1) is 23.8. The molecule has 172 valence electrons. The average Bonchev–Trinajstić information content (AvgIpc) is 3.21. The zero-order chi connectivity index (χ0) is 22.2. The second kappa shape index (κ2) is 11.7. The van der Waals surface area contributed by atoms with Crippen molar-refractivity contribution in [3.05, 3.63) is 29.5 Å². The van der Waals surface area contributed by atoms with E-state index in [1.54, 1.807) is 6.07 Å². The predicted octanol–water partition coefficient (Wildman–Crippen LogP) is 4.87. The Labute approximate surface area is 188 Å². The van der Waals surface area contributed by atoms with Gasteiger partial charge in [0.2, 0.25) is 0 Å². The summed E-state index contributed by atoms with van der Waals surface area (Å²) in [7, 11) is -0.879. The highest BCUT2D eigenvalue weighted by atomic mass is 32.2. The topological polar surface area (TPSA) is 88.4 Å². The number of aromatic amines is 1. The average molecular weight is 448 g/mol. The lowest BCUT2D eigenvalue weighted by atomic mass is 9.89. The molecule has 6 nitrogen and oxygen atoms in total. The van der Waals surface area contributed by atoms with E-state index in [0.29, 0.717) is 29.6 Å². The van der Waals surface area contributed by atoms with E-state index in [2.05, 4.69) is 16.2 Å². The Kier molecular flexibility index (Phi) is 8.96. The van der Waals surface area contributed by atoms with Crippen LogP contribution in [0.1, 0.15) is 87.1 Å². The van der Waals surface area contributed by atoms with Gasteiger partial charge in [0.25, 0.3) is 5.91 Å². The van der Waals surface area contributed by atoms with Gasteiger partial charge in [-0.1, -0.05) is 46.0 Å². The Hall–Kier alpha value is -1.86. The number of fused-ring (bicyclic) bond motifs is 1. The zero-order valence-corrected chi connectivity index (χ0v) is 19.8. The number of nitrogens with one attached hydrogen (secondary N) is 1. The minimum Gasteiger partial charge on any atom is -0.494 e. The molecule has 31 heavy (non-hydrogen) atoms. The Morgan fingerprint density at radius 3 is 2.55 bits per heavy atom. The molecule has 1 atom stereocenters. The third kappa shape index (κ3) is 6.10. The van der Waals surface area contributed by atoms with Gasteiger partial charge in [-0.15, -0.1) is 0 Å². The summed E-state index contributed by atoms with van der Waals surface area (Å²) in [4.78, 5) is 15.4. The van der Waals surface area contributed by atoms with Crippen LogP contribution in [-0.4, -0.2) is 44.9 Å². The van der Waals surface area contributed by atoms with E-state index >= 15 is 0 Å². The van der Waals surface area contributed by atoms with Gasteiger partial charge in [-0.25, -0.2) is 8.51 Å². The molecule has 1 aliphatic heterocycles. The van der Waals surface area contributed by atoms with Gasteiger partial charge < -0.3 is 15.5 Å². The van der Waals surface area contributed by atoms with Gasteiger partial charge in [0.15, 0.2) is 0 Å². The standard InChI is InChI=1S/C24H37N3O3S/c1-3-5-6-7-8-9-14-30-19-15-20-22(17-26-23(20)21(16-19)24(25)28)18-10-12-27(13-11-18)31(29)4-2/h15-18,26H,3-14H2,1-2H3,(H2,25,28). The summed E-state index contributed by atoms with van der Waals surface area (Å²) in [6.07, 6.45) is 11.2. The lowest BCUT2D eigenvalue weighted by molar-refractivity contribution is 0.100. The van der Waals surface area contributed by atoms with Gasteiger partial charge in [0.05, 0.1) is 28.7 Å². The minimum atomic E-state index is -0.879. The molecule has 1 unspecified atom stereocenters. The van der Waals surface area contributed by atoms with Crippen LogP contribution in [0.15, 0.2) is 18.3 Å². The van der Waals surface area contributed by atoms with Crippen molar-refractivity contribution in [1.82, 2.24) is 9.29 Å². The maximum Gasteiger partial charge on any atom is 0.250 e. The summed E-state index contributed by atoms with van der Waals surface area (Å²) >= 11 is 0. The van der Waals surface area contributed by atoms with Crippen molar-refractivity contribution < 1.29 is 13.7 Å². The van der Waals surface area contributed by atoms with E-state index in [-0.39, 0.29) is 0 Å². The van der Waals surface area contributed by atoms with Crippen LogP contribution in [0.5, 0.6) is 5.75 Å². The molecule has 0 aliphatic carbocycles. The highest BCUT2D eigenvalue weighted by Crippen LogP contribution is 2.36. The summed E-state index contributed by atoms with van der Waals surface area (Å²) in [6.45, 7) is 6.49. The van der Waals surface area contributed by atoms with Crippen LogP contribution >= 0.6 is 0 Å². The fourth-order valence-electron chi connectivity index (χ4n) is 4.47. The third-order valence-electron chi connectivity index (χ3n) is 6.26. The number of piperidine rings is 1. The fourth-order valence-corrected chi connectivity index (χ4v) is 5.45. The number of unbranched alkanes of at least 4 members (excludes halogenated alkanes) is 5. The second-order valence-corrected chi connectivity index (χ2v) is 10.2. The normalized spacial score (nSPS) is 16.6. The van der Waals surface area contributed by atoms with Crippen LogP contribution in [0, 0.1) is 0 Å². The highest BCUT2D eigenvalue weighted by Gasteiger charge is 2.26. The van der Waals surface area contributed by atoms with E-state index in [0.717, 1.165) is 49.7 Å². The second-order valence-electron chi connectivity index (χ2n) is 8.43. The van der Waals surface area contributed by atoms with Crippen LogP contribution in [0.4, 0.5) is 0 Å². The zero-order valence-electron chi connectivity index (χ0n) is 19.0. The first-order valence-corrected chi connectivity index (χ1v) is 13.0. The molecule has 1 amide bonds. The van der Waals surface area contributed by atoms with Gasteiger partial charge >= 0.3 is 0 Å². The number of carbonyl (C=O) groups is 1. The van der Waals surface area contributed by atoms with Crippen molar-refractivity contribution in [3.8, 4) is 5.75 Å². The molecule has 0 spiro atoms. The maximum atomic E-state index is 12.1. The van der Waals surface area contributed by atoms with Crippen molar-refractivity contribution in [2.75, 3.05) is 25.4 Å². The molecule has 1 saturated heterocycles. The van der Waals surface area contributed by atoms with E-state index in [1.807, 2.05) is 19.2 Å². The largest absolute Gasteiger partial charge is 0.494 e. The number of hydrogen-bond donors (Lipinski definition) is 2. The summed E-state index contributed by atoms with van der Waals surface area (Å²) in [5, 5.41) is 1.02. The van der Waals surface area contributed by atoms with Crippen molar-refractivity contribution in [1.29, 1.82) is 0 Å². The van der Waals surface area contributed by atoms with Crippen molar-refractivity contribution in [3.63, 3.8) is 0 Å². The fraction of sp³-hybridized carbons (Fsp3) is 0.625. The molecule has 2 aromatic rings. The van der Waals surface area contributed by atoms with Crippen molar-refractivity contribution in [2.24, 2.45) is 5.73 Å². The molecule has 3 N–H and O–H groups in total. The number of ether oxygens (including phenoxy) is 1. The van der Waals surface area contributed by atoms with Crippen LogP contribution in [0.2, 0.25) is 0 Å². The molecular formula is C24H37N3O3S. The van der Waals surface area contributed by atoms with Crippen LogP contribution in [0.3, 0.4) is 0 Å². The first-order chi connectivity index (χ1) is 15.0. The molecular weight excluding hydrogens is 410 g/mol. The lowest BCUT2D eigenvalue weighted by Crippen LogP contribution is -2.35. The SMILES string of the molecule is CCCCCCCCOc1cc(C(N)=O)c2[nH]cc(C3CCN(S(=O)CC)CC3)c2c1. The lowest BCUT2D eigenvalue weighted by Gasteiger charge is -2.30. The van der Waals surface area contributed by atoms with Gasteiger partial charge in [0.1, 0.15) is 5.75 Å². The number of aromatic nitrogens is 1. The van der Waals surface area contributed by atoms with Crippen molar-refractivity contribution in [2.45, 2.75) is 71.1 Å². The number of benzene rings is 1. The summed E-state index contributed by atoms with van der Waals surface area (Å²) < 4.78 is 20.2. The summed E-state index contributed by atoms with van der Waals surface area (Å²) in [5.74, 6) is 1.30. The number of hydrogen-bond acceptors (Lipinski definition) is 3. The smallest absolute Gasteiger partial charge is 0.250 e. The number of amides is 1. The summed E-state index contributed by atoms with van der Waals surface area (Å²) in [5.41, 5.74) is 8.13. The molecule has 0 saturated carbocycles. The van der Waals surface area contributed by atoms with E-state index in [1.165, 1.54) is 31.2 Å². The molecule has 0 radical (unpaired) electrons. The van der Waals surface area contributed by atoms with E-state index in [9.17, 15) is 9.00 Å². The Morgan fingerprint density at radius 2 is 1.87 bits per heavy atom. The summed E-state index contributed by atoms with van der Waals surface area (Å²) in [6, 6.07) is 3.80. The first-order valence-electron chi connectivity index (χ1n) is 11.8. The number of primary amides is 1. The van der Waals surface area contributed by atoms with E-state index < -0.39 is 16.9 Å². The molecule has 1 aromatic heterocycles. The van der Waals surface area contributed by atoms with Crippen LogP contribution in [0.25, 0.3) is 10.9 Å². The molecule has 7 heteroatoms. The molecule has 1 fully saturated rings. The van der Waals surface area contributed by atoms with Gasteiger partial charge in [0, 0.05) is 30.4 Å². The predicted molar refractivity (Wildman–Crippen MR) is 128 cm³/mol. The van der Waals surface area contributed by atoms with Gasteiger partial charge in [-0.2, -0.15) is 0 Å². The maximum absolute atomic E-state index is 12.1. The van der Waals surface area contributed by atoms with Crippen LogP contribution < -0.4 is 10.5 Å². The van der Waals surface area contributed by atoms with E-state index in [4.69, 9.17) is 10.5 Å². The molecule has 2 heterocycles. The number of carbonyl (C=O) groups excluding carboxylic acids is 1. The number of nitrogens with two attached hydrogens (primary N) is 1. The van der Waals surface area contributed by atoms with Crippen LogP contribution in [-0.2, 0) is 11.0 Å². The number of H-pyrrole nitrogens is 1. The Morgan fingerprint density at radius 1 is 1.16 bits per heavy atom. The quantitative estimate of drug-likeness (QED) is 0.455. The van der Waals surface area contributed by atoms with Crippen molar-refractivity contribution >= 4 is 27.8 Å². The molecule has 1 aliphatic rings. The van der Waals surface area contributed by atoms with Gasteiger partial charge in [-0.05, 0) is 42.9 Å². The Balaban J connectivity index is 1.71. The molecule has 0 bridgehead atoms. The highest BCUT2D eigenvalue weighted by molar-refractivity contribution is 7.82. The molecule has 1 aromatic carbocycles. The monoisotopic (exact) mass is 447 g/mol.